The average molecular weight is 397 g/mol. The number of aliphatic hydroxyl groups is 2. The molecule has 0 aliphatic rings. The monoisotopic (exact) mass is 396 g/mol. The lowest BCUT2D eigenvalue weighted by atomic mass is 9.99. The van der Waals surface area contributed by atoms with E-state index in [0.29, 0.717) is 0 Å². The summed E-state index contributed by atoms with van der Waals surface area (Å²) >= 11 is 1.80. The Morgan fingerprint density at radius 1 is 0.517 bits per heavy atom. The molecule has 29 heavy (non-hydrogen) atoms. The summed E-state index contributed by atoms with van der Waals surface area (Å²) in [5.74, 6) is 0. The number of thiophene rings is 1. The molecule has 5 rings (SSSR count). The minimum Gasteiger partial charge on any atom is -0.392 e. The van der Waals surface area contributed by atoms with E-state index in [-0.39, 0.29) is 13.2 Å². The molecule has 0 saturated heterocycles. The molecular weight excluding hydrogens is 376 g/mol. The number of fused-ring (bicyclic) bond motifs is 3. The molecule has 1 aromatic heterocycles. The number of hydrogen-bond donors (Lipinski definition) is 2. The molecule has 0 aliphatic carbocycles. The van der Waals surface area contributed by atoms with Crippen LogP contribution in [0.25, 0.3) is 42.4 Å². The van der Waals surface area contributed by atoms with Crippen LogP contribution in [0.4, 0.5) is 0 Å². The lowest BCUT2D eigenvalue weighted by molar-refractivity contribution is 0.281. The maximum Gasteiger partial charge on any atom is 0.0682 e. The minimum absolute atomic E-state index is 0.0493. The topological polar surface area (TPSA) is 40.5 Å². The predicted molar refractivity (Wildman–Crippen MR) is 122 cm³/mol. The number of rotatable bonds is 4. The molecule has 1 heterocycles. The third-order valence-corrected chi connectivity index (χ3v) is 6.51. The number of aliphatic hydroxyl groups excluding tert-OH is 2. The predicted octanol–water partition coefficient (Wildman–Crippen LogP) is 6.37. The van der Waals surface area contributed by atoms with Gasteiger partial charge in [-0.15, -0.1) is 11.3 Å². The second kappa shape index (κ2) is 7.45. The van der Waals surface area contributed by atoms with E-state index in [9.17, 15) is 10.2 Å². The third kappa shape index (κ3) is 3.34. The largest absolute Gasteiger partial charge is 0.392 e. The van der Waals surface area contributed by atoms with Crippen LogP contribution in [0.2, 0.25) is 0 Å². The summed E-state index contributed by atoms with van der Waals surface area (Å²) in [5, 5.41) is 21.4. The lowest BCUT2D eigenvalue weighted by Gasteiger charge is -2.06. The maximum atomic E-state index is 9.45. The highest BCUT2D eigenvalue weighted by molar-refractivity contribution is 7.25. The zero-order valence-electron chi connectivity index (χ0n) is 15.8. The third-order valence-electron chi connectivity index (χ3n) is 5.35. The first kappa shape index (κ1) is 18.1. The molecule has 0 bridgehead atoms. The van der Waals surface area contributed by atoms with Crippen molar-refractivity contribution in [3.05, 3.63) is 96.1 Å². The van der Waals surface area contributed by atoms with Crippen molar-refractivity contribution in [2.75, 3.05) is 0 Å². The van der Waals surface area contributed by atoms with Crippen LogP contribution in [0, 0.1) is 0 Å². The van der Waals surface area contributed by atoms with Gasteiger partial charge in [0.2, 0.25) is 0 Å². The fourth-order valence-corrected chi connectivity index (χ4v) is 4.90. The summed E-state index contributed by atoms with van der Waals surface area (Å²) < 4.78 is 2.53. The number of benzene rings is 4. The van der Waals surface area contributed by atoms with Crippen molar-refractivity contribution in [1.82, 2.24) is 0 Å². The van der Waals surface area contributed by atoms with E-state index in [1.807, 2.05) is 36.4 Å². The summed E-state index contributed by atoms with van der Waals surface area (Å²) in [6.45, 7) is 0.0987. The van der Waals surface area contributed by atoms with E-state index in [0.717, 1.165) is 33.4 Å². The quantitative estimate of drug-likeness (QED) is 0.370. The molecule has 142 valence electrons. The standard InChI is InChI=1S/C26H20O2S/c27-15-17-3-1-5-19(11-17)21-7-9-25-23(13-21)24-14-22(8-10-26(24)29-25)20-6-2-4-18(12-20)16-28/h1-14,27-28H,15-16H2. The van der Waals surface area contributed by atoms with Gasteiger partial charge in [-0.05, 0) is 69.8 Å². The molecule has 4 aromatic carbocycles. The van der Waals surface area contributed by atoms with Gasteiger partial charge in [-0.1, -0.05) is 48.5 Å². The molecule has 0 fully saturated rings. The summed E-state index contributed by atoms with van der Waals surface area (Å²) in [4.78, 5) is 0. The Labute approximate surface area is 173 Å². The number of hydrogen-bond acceptors (Lipinski definition) is 3. The SMILES string of the molecule is OCc1cccc(-c2ccc3sc4ccc(-c5cccc(CO)c5)cc4c3c2)c1. The van der Waals surface area contributed by atoms with Gasteiger partial charge in [-0.2, -0.15) is 0 Å². The van der Waals surface area contributed by atoms with Gasteiger partial charge in [0.1, 0.15) is 0 Å². The van der Waals surface area contributed by atoms with Gasteiger partial charge < -0.3 is 10.2 Å². The van der Waals surface area contributed by atoms with Gasteiger partial charge in [0.25, 0.3) is 0 Å². The van der Waals surface area contributed by atoms with Crippen LogP contribution < -0.4 is 0 Å². The van der Waals surface area contributed by atoms with Gasteiger partial charge >= 0.3 is 0 Å². The fourth-order valence-electron chi connectivity index (χ4n) is 3.84. The zero-order valence-corrected chi connectivity index (χ0v) is 16.6. The highest BCUT2D eigenvalue weighted by atomic mass is 32.1. The molecule has 0 spiro atoms. The van der Waals surface area contributed by atoms with Crippen LogP contribution in [0.5, 0.6) is 0 Å². The van der Waals surface area contributed by atoms with Crippen LogP contribution in [0.15, 0.2) is 84.9 Å². The first-order valence-electron chi connectivity index (χ1n) is 9.62. The smallest absolute Gasteiger partial charge is 0.0682 e. The van der Waals surface area contributed by atoms with Crippen molar-refractivity contribution >= 4 is 31.5 Å². The van der Waals surface area contributed by atoms with Crippen molar-refractivity contribution in [2.24, 2.45) is 0 Å². The van der Waals surface area contributed by atoms with Crippen molar-refractivity contribution in [3.8, 4) is 22.3 Å². The lowest BCUT2D eigenvalue weighted by Crippen LogP contribution is -1.85. The van der Waals surface area contributed by atoms with Crippen molar-refractivity contribution in [1.29, 1.82) is 0 Å². The summed E-state index contributed by atoms with van der Waals surface area (Å²) in [7, 11) is 0. The Kier molecular flexibility index (Phi) is 4.64. The van der Waals surface area contributed by atoms with E-state index in [1.54, 1.807) is 11.3 Å². The van der Waals surface area contributed by atoms with E-state index in [2.05, 4.69) is 48.5 Å². The van der Waals surface area contributed by atoms with Gasteiger partial charge in [0.15, 0.2) is 0 Å². The van der Waals surface area contributed by atoms with Gasteiger partial charge in [-0.25, -0.2) is 0 Å². The second-order valence-electron chi connectivity index (χ2n) is 7.24. The Bertz CT molecular complexity index is 1230. The maximum absolute atomic E-state index is 9.45. The summed E-state index contributed by atoms with van der Waals surface area (Å²) in [5.41, 5.74) is 6.38. The molecule has 0 radical (unpaired) electrons. The Morgan fingerprint density at radius 3 is 1.41 bits per heavy atom. The Hall–Kier alpha value is -2.98. The molecular formula is C26H20O2S. The molecule has 0 aliphatic heterocycles. The van der Waals surface area contributed by atoms with E-state index >= 15 is 0 Å². The van der Waals surface area contributed by atoms with Gasteiger partial charge in [-0.3, -0.25) is 0 Å². The van der Waals surface area contributed by atoms with Gasteiger partial charge in [0, 0.05) is 20.2 Å². The van der Waals surface area contributed by atoms with Crippen LogP contribution in [-0.2, 0) is 13.2 Å². The molecule has 2 N–H and O–H groups in total. The first-order valence-corrected chi connectivity index (χ1v) is 10.4. The van der Waals surface area contributed by atoms with Crippen LogP contribution in [0.1, 0.15) is 11.1 Å². The molecule has 3 heteroatoms. The Morgan fingerprint density at radius 2 is 0.966 bits per heavy atom. The Balaban J connectivity index is 1.66. The molecule has 0 atom stereocenters. The van der Waals surface area contributed by atoms with E-state index in [1.165, 1.54) is 20.2 Å². The van der Waals surface area contributed by atoms with Crippen LogP contribution >= 0.6 is 11.3 Å². The van der Waals surface area contributed by atoms with Crippen molar-refractivity contribution < 1.29 is 10.2 Å². The highest BCUT2D eigenvalue weighted by Crippen LogP contribution is 2.38. The van der Waals surface area contributed by atoms with Gasteiger partial charge in [0.05, 0.1) is 13.2 Å². The molecule has 5 aromatic rings. The molecule has 0 amide bonds. The van der Waals surface area contributed by atoms with Crippen LogP contribution in [0.3, 0.4) is 0 Å². The fraction of sp³-hybridized carbons (Fsp3) is 0.0769. The van der Waals surface area contributed by atoms with Crippen LogP contribution in [-0.4, -0.2) is 10.2 Å². The normalized spacial score (nSPS) is 11.4. The van der Waals surface area contributed by atoms with Crippen molar-refractivity contribution in [3.63, 3.8) is 0 Å². The molecule has 0 saturated carbocycles. The van der Waals surface area contributed by atoms with Crippen molar-refractivity contribution in [2.45, 2.75) is 13.2 Å². The molecule has 2 nitrogen and oxygen atoms in total. The summed E-state index contributed by atoms with van der Waals surface area (Å²) in [6.07, 6.45) is 0. The zero-order chi connectivity index (χ0) is 19.8. The second-order valence-corrected chi connectivity index (χ2v) is 8.32. The highest BCUT2D eigenvalue weighted by Gasteiger charge is 2.09. The van der Waals surface area contributed by atoms with E-state index < -0.39 is 0 Å². The minimum atomic E-state index is 0.0493. The molecule has 0 unspecified atom stereocenters. The van der Waals surface area contributed by atoms with E-state index in [4.69, 9.17) is 0 Å². The first-order chi connectivity index (χ1) is 14.2. The average Bonchev–Trinajstić information content (AvgIpc) is 3.16. The summed E-state index contributed by atoms with van der Waals surface area (Å²) in [6, 6.07) is 29.3.